The predicted octanol–water partition coefficient (Wildman–Crippen LogP) is 3.42. The number of carboxylic acid groups (broad SMARTS) is 1. The summed E-state index contributed by atoms with van der Waals surface area (Å²) in [6.07, 6.45) is -0.553. The molecule has 0 aliphatic carbocycles. The van der Waals surface area contributed by atoms with Crippen LogP contribution in [0.15, 0.2) is 35.1 Å². The van der Waals surface area contributed by atoms with Gasteiger partial charge in [-0.15, -0.1) is 0 Å². The summed E-state index contributed by atoms with van der Waals surface area (Å²) in [5, 5.41) is 12.2. The van der Waals surface area contributed by atoms with E-state index in [1.54, 1.807) is 6.92 Å². The van der Waals surface area contributed by atoms with E-state index in [1.807, 2.05) is 0 Å². The number of hydrogen-bond donors (Lipinski definition) is 3. The third-order valence-electron chi connectivity index (χ3n) is 4.47. The third-order valence-corrected chi connectivity index (χ3v) is 4.69. The normalized spacial score (nSPS) is 10.8. The number of fused-ring (bicyclic) bond motifs is 1. The van der Waals surface area contributed by atoms with E-state index in [9.17, 15) is 23.2 Å². The molecule has 0 aliphatic rings. The van der Waals surface area contributed by atoms with Crippen LogP contribution in [-0.2, 0) is 17.8 Å². The fraction of sp³-hybridized carbons (Fsp3) is 0.190. The molecule has 31 heavy (non-hydrogen) atoms. The van der Waals surface area contributed by atoms with Gasteiger partial charge in [0.2, 0.25) is 5.91 Å². The van der Waals surface area contributed by atoms with Crippen molar-refractivity contribution < 1.29 is 28.2 Å². The van der Waals surface area contributed by atoms with Crippen molar-refractivity contribution in [2.45, 2.75) is 19.9 Å². The van der Waals surface area contributed by atoms with Gasteiger partial charge in [-0.25, -0.2) is 13.6 Å². The average molecular weight is 451 g/mol. The predicted molar refractivity (Wildman–Crippen MR) is 110 cm³/mol. The van der Waals surface area contributed by atoms with Crippen LogP contribution in [0.2, 0.25) is 5.02 Å². The van der Waals surface area contributed by atoms with Gasteiger partial charge in [-0.3, -0.25) is 9.59 Å². The Hall–Kier alpha value is -3.46. The summed E-state index contributed by atoms with van der Waals surface area (Å²) in [4.78, 5) is 37.9. The van der Waals surface area contributed by atoms with Gasteiger partial charge in [0.1, 0.15) is 22.9 Å². The Kier molecular flexibility index (Phi) is 6.55. The maximum atomic E-state index is 14.2. The molecular formula is C21H17ClF2N2O5. The number of nitrogens with one attached hydrogen (secondary N) is 2. The summed E-state index contributed by atoms with van der Waals surface area (Å²) in [5.41, 5.74) is -0.980. The van der Waals surface area contributed by atoms with Crippen molar-refractivity contribution in [1.82, 2.24) is 10.3 Å². The number of carboxylic acids is 1. The van der Waals surface area contributed by atoms with Crippen LogP contribution in [0.1, 0.15) is 28.4 Å². The number of carbonyl (C=O) groups is 2. The van der Waals surface area contributed by atoms with Gasteiger partial charge in [0.15, 0.2) is 0 Å². The number of halogens is 3. The summed E-state index contributed by atoms with van der Waals surface area (Å²) < 4.78 is 33.4. The number of aromatic carboxylic acids is 1. The van der Waals surface area contributed by atoms with E-state index in [4.69, 9.17) is 21.4 Å². The van der Waals surface area contributed by atoms with Gasteiger partial charge in [0, 0.05) is 34.6 Å². The highest BCUT2D eigenvalue weighted by atomic mass is 35.5. The van der Waals surface area contributed by atoms with Crippen molar-refractivity contribution in [1.29, 1.82) is 0 Å². The Bertz CT molecular complexity index is 1220. The first-order valence-electron chi connectivity index (χ1n) is 9.15. The number of ether oxygens (including phenoxy) is 1. The van der Waals surface area contributed by atoms with Crippen molar-refractivity contribution in [3.8, 4) is 5.75 Å². The van der Waals surface area contributed by atoms with Crippen LogP contribution in [0.4, 0.5) is 8.78 Å². The highest BCUT2D eigenvalue weighted by Crippen LogP contribution is 2.23. The van der Waals surface area contributed by atoms with Crippen LogP contribution < -0.4 is 15.6 Å². The number of rotatable bonds is 7. The van der Waals surface area contributed by atoms with Gasteiger partial charge in [0.05, 0.1) is 18.5 Å². The molecule has 1 aromatic heterocycles. The Morgan fingerprint density at radius 2 is 1.84 bits per heavy atom. The Labute approximate surface area is 179 Å². The molecule has 10 heteroatoms. The van der Waals surface area contributed by atoms with E-state index in [0.29, 0.717) is 10.9 Å². The molecule has 0 unspecified atom stereocenters. The smallest absolute Gasteiger partial charge is 0.341 e. The van der Waals surface area contributed by atoms with Crippen molar-refractivity contribution >= 4 is 34.4 Å². The van der Waals surface area contributed by atoms with Gasteiger partial charge in [-0.1, -0.05) is 11.6 Å². The van der Waals surface area contributed by atoms with Crippen LogP contribution in [0.3, 0.4) is 0 Å². The fourth-order valence-electron chi connectivity index (χ4n) is 3.07. The second-order valence-electron chi connectivity index (χ2n) is 6.60. The quantitative estimate of drug-likeness (QED) is 0.511. The third kappa shape index (κ3) is 5.00. The zero-order chi connectivity index (χ0) is 22.7. The topological polar surface area (TPSA) is 108 Å². The van der Waals surface area contributed by atoms with Gasteiger partial charge in [-0.05, 0) is 30.7 Å². The van der Waals surface area contributed by atoms with Crippen LogP contribution in [0.5, 0.6) is 5.75 Å². The number of benzene rings is 2. The SMILES string of the molecule is CCOc1cc(F)c(CC(=O)NCc2cc(Cl)cc3cc(C(=O)O)c(=O)[nH]c23)c(F)c1. The largest absolute Gasteiger partial charge is 0.494 e. The van der Waals surface area contributed by atoms with E-state index in [1.165, 1.54) is 18.2 Å². The van der Waals surface area contributed by atoms with Gasteiger partial charge in [0.25, 0.3) is 5.56 Å². The van der Waals surface area contributed by atoms with Crippen LogP contribution >= 0.6 is 11.6 Å². The fourth-order valence-corrected chi connectivity index (χ4v) is 3.32. The minimum absolute atomic E-state index is 0.0248. The van der Waals surface area contributed by atoms with E-state index in [-0.39, 0.29) is 29.4 Å². The minimum Gasteiger partial charge on any atom is -0.494 e. The second-order valence-corrected chi connectivity index (χ2v) is 7.03. The maximum Gasteiger partial charge on any atom is 0.341 e. The molecule has 3 aromatic rings. The van der Waals surface area contributed by atoms with Crippen LogP contribution in [-0.4, -0.2) is 28.6 Å². The summed E-state index contributed by atoms with van der Waals surface area (Å²) in [6.45, 7) is 1.80. The highest BCUT2D eigenvalue weighted by molar-refractivity contribution is 6.31. The van der Waals surface area contributed by atoms with Gasteiger partial charge >= 0.3 is 5.97 Å². The summed E-state index contributed by atoms with van der Waals surface area (Å²) in [5.74, 6) is -3.84. The molecule has 0 aliphatic heterocycles. The summed E-state index contributed by atoms with van der Waals surface area (Å²) in [6, 6.07) is 6.14. The van der Waals surface area contributed by atoms with Crippen molar-refractivity contribution in [2.75, 3.05) is 6.61 Å². The lowest BCUT2D eigenvalue weighted by Gasteiger charge is -2.11. The zero-order valence-electron chi connectivity index (χ0n) is 16.2. The molecule has 7 nitrogen and oxygen atoms in total. The Balaban J connectivity index is 1.81. The Morgan fingerprint density at radius 3 is 2.45 bits per heavy atom. The monoisotopic (exact) mass is 450 g/mol. The Morgan fingerprint density at radius 1 is 1.16 bits per heavy atom. The van der Waals surface area contributed by atoms with Crippen molar-refractivity contribution in [3.63, 3.8) is 0 Å². The van der Waals surface area contributed by atoms with Crippen LogP contribution in [0, 0.1) is 11.6 Å². The number of carbonyl (C=O) groups excluding carboxylic acids is 1. The number of hydrogen-bond acceptors (Lipinski definition) is 4. The van der Waals surface area contributed by atoms with Crippen molar-refractivity contribution in [2.24, 2.45) is 0 Å². The molecule has 3 N–H and O–H groups in total. The molecular weight excluding hydrogens is 434 g/mol. The van der Waals surface area contributed by atoms with E-state index in [0.717, 1.165) is 12.1 Å². The molecule has 0 atom stereocenters. The van der Waals surface area contributed by atoms with E-state index >= 15 is 0 Å². The van der Waals surface area contributed by atoms with E-state index in [2.05, 4.69) is 10.3 Å². The van der Waals surface area contributed by atoms with Crippen molar-refractivity contribution in [3.05, 3.63) is 74.0 Å². The maximum absolute atomic E-state index is 14.2. The molecule has 3 rings (SSSR count). The molecule has 0 spiro atoms. The zero-order valence-corrected chi connectivity index (χ0v) is 17.0. The summed E-state index contributed by atoms with van der Waals surface area (Å²) >= 11 is 6.06. The molecule has 0 bridgehead atoms. The van der Waals surface area contributed by atoms with Gasteiger partial charge in [-0.2, -0.15) is 0 Å². The molecule has 0 saturated carbocycles. The lowest BCUT2D eigenvalue weighted by atomic mass is 10.1. The highest BCUT2D eigenvalue weighted by Gasteiger charge is 2.17. The molecule has 2 aromatic carbocycles. The standard InChI is InChI=1S/C21H17ClF2N2O5/c1-2-31-13-6-16(23)14(17(24)7-13)8-18(27)25-9-11-4-12(22)3-10-5-15(21(29)30)20(28)26-19(10)11/h3-7H,2,8-9H2,1H3,(H,25,27)(H,26,28)(H,29,30). The summed E-state index contributed by atoms with van der Waals surface area (Å²) in [7, 11) is 0. The molecule has 1 amide bonds. The minimum atomic E-state index is -1.39. The average Bonchev–Trinajstić information content (AvgIpc) is 2.69. The van der Waals surface area contributed by atoms with Crippen LogP contribution in [0.25, 0.3) is 10.9 Å². The van der Waals surface area contributed by atoms with Gasteiger partial charge < -0.3 is 20.1 Å². The number of H-pyrrole nitrogens is 1. The number of aromatic amines is 1. The van der Waals surface area contributed by atoms with E-state index < -0.39 is 46.6 Å². The number of amides is 1. The first-order valence-corrected chi connectivity index (χ1v) is 9.53. The number of pyridine rings is 1. The molecule has 1 heterocycles. The molecule has 0 saturated heterocycles. The lowest BCUT2D eigenvalue weighted by molar-refractivity contribution is -0.120. The first kappa shape index (κ1) is 22.2. The number of aromatic nitrogens is 1. The lowest BCUT2D eigenvalue weighted by Crippen LogP contribution is -2.26. The molecule has 0 radical (unpaired) electrons. The first-order chi connectivity index (χ1) is 14.7. The molecule has 0 fully saturated rings. The molecule has 162 valence electrons. The second kappa shape index (κ2) is 9.13.